The number of aryl methyl sites for hydroxylation is 1. The van der Waals surface area contributed by atoms with Crippen LogP contribution in [0.2, 0.25) is 0 Å². The molecule has 0 aliphatic heterocycles. The van der Waals surface area contributed by atoms with Gasteiger partial charge in [-0.3, -0.25) is 0 Å². The Morgan fingerprint density at radius 3 is 3.00 bits per heavy atom. The third-order valence-electron chi connectivity index (χ3n) is 6.95. The Kier molecular flexibility index (Phi) is 4.13. The van der Waals surface area contributed by atoms with Crippen molar-refractivity contribution < 1.29 is 14.6 Å². The van der Waals surface area contributed by atoms with Crippen LogP contribution in [0.5, 0.6) is 5.75 Å². The summed E-state index contributed by atoms with van der Waals surface area (Å²) in [6.45, 7) is 4.83. The van der Waals surface area contributed by atoms with E-state index < -0.39 is 0 Å². The first-order chi connectivity index (χ1) is 12.0. The van der Waals surface area contributed by atoms with Gasteiger partial charge in [0.2, 0.25) is 0 Å². The van der Waals surface area contributed by atoms with Gasteiger partial charge in [0.05, 0.1) is 6.61 Å². The number of phenols is 1. The Labute approximate surface area is 150 Å². The van der Waals surface area contributed by atoms with Crippen molar-refractivity contribution in [3.05, 3.63) is 41.0 Å². The van der Waals surface area contributed by atoms with Gasteiger partial charge >= 0.3 is 5.97 Å². The van der Waals surface area contributed by atoms with E-state index >= 15 is 0 Å². The number of carbonyl (C=O) groups excluding carboxylic acids is 1. The Balaban J connectivity index is 1.59. The predicted molar refractivity (Wildman–Crippen MR) is 97.4 cm³/mol. The zero-order valence-corrected chi connectivity index (χ0v) is 15.3. The molecule has 0 spiro atoms. The summed E-state index contributed by atoms with van der Waals surface area (Å²) in [4.78, 5) is 12.5. The van der Waals surface area contributed by atoms with E-state index in [1.54, 1.807) is 0 Å². The average Bonchev–Trinajstić information content (AvgIpc) is 2.96. The fourth-order valence-electron chi connectivity index (χ4n) is 5.73. The Hall–Kier alpha value is -1.77. The van der Waals surface area contributed by atoms with E-state index in [2.05, 4.69) is 19.1 Å². The second-order valence-electron chi connectivity index (χ2n) is 8.24. The Bertz CT molecular complexity index is 720. The lowest BCUT2D eigenvalue weighted by molar-refractivity contribution is -0.141. The monoisotopic (exact) mass is 340 g/mol. The maximum Gasteiger partial charge on any atom is 0.334 e. The molecule has 1 aromatic carbocycles. The van der Waals surface area contributed by atoms with E-state index in [4.69, 9.17) is 4.74 Å². The normalized spacial score (nSPS) is 33.0. The summed E-state index contributed by atoms with van der Waals surface area (Å²) in [6.07, 6.45) is 8.39. The zero-order chi connectivity index (χ0) is 17.6. The van der Waals surface area contributed by atoms with Crippen LogP contribution in [0.3, 0.4) is 0 Å². The van der Waals surface area contributed by atoms with Crippen molar-refractivity contribution in [2.75, 3.05) is 6.61 Å². The molecular weight excluding hydrogens is 312 g/mol. The van der Waals surface area contributed by atoms with Crippen LogP contribution in [-0.2, 0) is 16.0 Å². The Morgan fingerprint density at radius 1 is 1.36 bits per heavy atom. The molecule has 134 valence electrons. The number of phenolic OH excluding ortho intramolecular Hbond substituents is 1. The minimum Gasteiger partial charge on any atom is -0.508 e. The molecule has 3 heteroatoms. The quantitative estimate of drug-likeness (QED) is 0.809. The van der Waals surface area contributed by atoms with E-state index in [9.17, 15) is 9.90 Å². The van der Waals surface area contributed by atoms with Gasteiger partial charge in [-0.05, 0) is 79.5 Å². The van der Waals surface area contributed by atoms with Crippen LogP contribution in [0.15, 0.2) is 29.8 Å². The van der Waals surface area contributed by atoms with Crippen LogP contribution in [0.1, 0.15) is 63.0 Å². The fraction of sp³-hybridized carbons (Fsp3) is 0.591. The van der Waals surface area contributed by atoms with Crippen LogP contribution in [0.4, 0.5) is 0 Å². The number of aromatic hydroxyl groups is 1. The van der Waals surface area contributed by atoms with Gasteiger partial charge in [0.25, 0.3) is 0 Å². The number of esters is 1. The summed E-state index contributed by atoms with van der Waals surface area (Å²) >= 11 is 0. The SMILES string of the molecule is CCCOC(=O)C1=CC[C@H]2[C@@H]3CCc4cc(O)ccc4[C@H]3CC[C@]12C. The van der Waals surface area contributed by atoms with E-state index in [0.29, 0.717) is 30.1 Å². The Morgan fingerprint density at radius 2 is 2.20 bits per heavy atom. The summed E-state index contributed by atoms with van der Waals surface area (Å²) in [5.74, 6) is 2.02. The summed E-state index contributed by atoms with van der Waals surface area (Å²) in [5.41, 5.74) is 3.65. The number of benzene rings is 1. The molecule has 3 nitrogen and oxygen atoms in total. The number of carbonyl (C=O) groups is 1. The zero-order valence-electron chi connectivity index (χ0n) is 15.3. The first-order valence-corrected chi connectivity index (χ1v) is 9.74. The van der Waals surface area contributed by atoms with Gasteiger partial charge in [0.15, 0.2) is 0 Å². The topological polar surface area (TPSA) is 46.5 Å². The predicted octanol–water partition coefficient (Wildman–Crippen LogP) is 4.74. The smallest absolute Gasteiger partial charge is 0.334 e. The van der Waals surface area contributed by atoms with Crippen LogP contribution in [0, 0.1) is 17.3 Å². The van der Waals surface area contributed by atoms with Crippen molar-refractivity contribution in [2.24, 2.45) is 17.3 Å². The number of hydrogen-bond acceptors (Lipinski definition) is 3. The van der Waals surface area contributed by atoms with Crippen LogP contribution >= 0.6 is 0 Å². The molecule has 1 N–H and O–H groups in total. The molecule has 4 rings (SSSR count). The molecule has 25 heavy (non-hydrogen) atoms. The third-order valence-corrected chi connectivity index (χ3v) is 6.95. The lowest BCUT2D eigenvalue weighted by Crippen LogP contribution is -2.42. The van der Waals surface area contributed by atoms with Crippen molar-refractivity contribution in [3.8, 4) is 5.75 Å². The standard InChI is InChI=1S/C22H28O3/c1-3-12-25-21(24)20-9-8-19-18-6-4-14-13-15(23)5-7-16(14)17(18)10-11-22(19,20)2/h5,7,9,13,17-19,23H,3-4,6,8,10-12H2,1-2H3/t17-,18-,19+,22+/m1/s1. The highest BCUT2D eigenvalue weighted by atomic mass is 16.5. The lowest BCUT2D eigenvalue weighted by Gasteiger charge is -2.50. The summed E-state index contributed by atoms with van der Waals surface area (Å²) in [5, 5.41) is 9.78. The first-order valence-electron chi connectivity index (χ1n) is 9.74. The van der Waals surface area contributed by atoms with E-state index in [1.165, 1.54) is 11.1 Å². The van der Waals surface area contributed by atoms with E-state index in [0.717, 1.165) is 44.1 Å². The van der Waals surface area contributed by atoms with E-state index in [-0.39, 0.29) is 11.4 Å². The highest BCUT2D eigenvalue weighted by Gasteiger charge is 2.53. The molecule has 0 aromatic heterocycles. The highest BCUT2D eigenvalue weighted by molar-refractivity contribution is 5.90. The van der Waals surface area contributed by atoms with Gasteiger partial charge in [-0.2, -0.15) is 0 Å². The molecule has 3 aliphatic rings. The largest absolute Gasteiger partial charge is 0.508 e. The second kappa shape index (κ2) is 6.19. The minimum atomic E-state index is -0.0913. The van der Waals surface area contributed by atoms with Gasteiger partial charge in [0.1, 0.15) is 5.75 Å². The van der Waals surface area contributed by atoms with Gasteiger partial charge in [-0.1, -0.05) is 26.0 Å². The summed E-state index contributed by atoms with van der Waals surface area (Å²) < 4.78 is 5.46. The lowest BCUT2D eigenvalue weighted by atomic mass is 9.54. The van der Waals surface area contributed by atoms with Gasteiger partial charge < -0.3 is 9.84 Å². The molecule has 0 amide bonds. The second-order valence-corrected chi connectivity index (χ2v) is 8.24. The van der Waals surface area contributed by atoms with Crippen molar-refractivity contribution in [1.29, 1.82) is 0 Å². The maximum absolute atomic E-state index is 12.5. The summed E-state index contributed by atoms with van der Waals surface area (Å²) in [7, 11) is 0. The molecule has 1 aromatic rings. The van der Waals surface area contributed by atoms with Gasteiger partial charge in [0, 0.05) is 11.0 Å². The van der Waals surface area contributed by atoms with Crippen LogP contribution in [0.25, 0.3) is 0 Å². The molecule has 0 unspecified atom stereocenters. The number of hydrogen-bond donors (Lipinski definition) is 1. The van der Waals surface area contributed by atoms with Crippen molar-refractivity contribution in [3.63, 3.8) is 0 Å². The highest BCUT2D eigenvalue weighted by Crippen LogP contribution is 2.61. The molecule has 0 radical (unpaired) electrons. The number of fused-ring (bicyclic) bond motifs is 5. The molecule has 0 bridgehead atoms. The molecule has 0 saturated heterocycles. The fourth-order valence-corrected chi connectivity index (χ4v) is 5.73. The van der Waals surface area contributed by atoms with Gasteiger partial charge in [-0.25, -0.2) is 4.79 Å². The maximum atomic E-state index is 12.5. The van der Waals surface area contributed by atoms with Gasteiger partial charge in [-0.15, -0.1) is 0 Å². The molecule has 1 saturated carbocycles. The average molecular weight is 340 g/mol. The molecule has 4 atom stereocenters. The van der Waals surface area contributed by atoms with Crippen molar-refractivity contribution >= 4 is 5.97 Å². The van der Waals surface area contributed by atoms with E-state index in [1.807, 2.05) is 19.1 Å². The number of ether oxygens (including phenoxy) is 1. The molecule has 1 fully saturated rings. The first kappa shape index (κ1) is 16.7. The van der Waals surface area contributed by atoms with Crippen LogP contribution < -0.4 is 0 Å². The number of rotatable bonds is 3. The summed E-state index contributed by atoms with van der Waals surface area (Å²) in [6, 6.07) is 5.90. The molecular formula is C22H28O3. The van der Waals surface area contributed by atoms with Crippen molar-refractivity contribution in [1.82, 2.24) is 0 Å². The number of allylic oxidation sites excluding steroid dienone is 1. The third kappa shape index (κ3) is 2.59. The van der Waals surface area contributed by atoms with Crippen molar-refractivity contribution in [2.45, 2.75) is 58.3 Å². The minimum absolute atomic E-state index is 0.0274. The molecule has 3 aliphatic carbocycles. The van der Waals surface area contributed by atoms with Crippen LogP contribution in [-0.4, -0.2) is 17.7 Å². The molecule has 0 heterocycles.